The molecule has 0 unspecified atom stereocenters. The van der Waals surface area contributed by atoms with E-state index in [1.54, 1.807) is 10.7 Å². The lowest BCUT2D eigenvalue weighted by molar-refractivity contribution is -0.137. The Balaban J connectivity index is 1.90. The highest BCUT2D eigenvalue weighted by Crippen LogP contribution is 2.39. The number of halogens is 5. The molecule has 0 atom stereocenters. The SMILES string of the molecule is FC(F)(F)c1cc(-c2nn(-c3ccc(I)cc3)c3c2CCCCN3)ccc1Cl. The second-order valence-electron chi connectivity index (χ2n) is 6.64. The van der Waals surface area contributed by atoms with E-state index in [4.69, 9.17) is 16.7 Å². The van der Waals surface area contributed by atoms with Gasteiger partial charge in [0.2, 0.25) is 0 Å². The van der Waals surface area contributed by atoms with E-state index in [9.17, 15) is 13.2 Å². The number of alkyl halides is 3. The lowest BCUT2D eigenvalue weighted by Crippen LogP contribution is -2.07. The number of rotatable bonds is 2. The molecular weight excluding hydrogens is 502 g/mol. The van der Waals surface area contributed by atoms with Gasteiger partial charge in [-0.3, -0.25) is 0 Å². The molecule has 0 fully saturated rings. The monoisotopic (exact) mass is 517 g/mol. The van der Waals surface area contributed by atoms with Gasteiger partial charge in [-0.15, -0.1) is 0 Å². The van der Waals surface area contributed by atoms with Crippen LogP contribution >= 0.6 is 34.2 Å². The van der Waals surface area contributed by atoms with E-state index in [-0.39, 0.29) is 5.02 Å². The van der Waals surface area contributed by atoms with Gasteiger partial charge in [-0.05, 0) is 78.3 Å². The second-order valence-corrected chi connectivity index (χ2v) is 8.29. The zero-order chi connectivity index (χ0) is 19.9. The molecule has 3 nitrogen and oxygen atoms in total. The van der Waals surface area contributed by atoms with Gasteiger partial charge in [-0.1, -0.05) is 17.7 Å². The molecule has 0 bridgehead atoms. The molecule has 1 N–H and O–H groups in total. The van der Waals surface area contributed by atoms with E-state index in [0.29, 0.717) is 11.3 Å². The minimum atomic E-state index is -4.51. The van der Waals surface area contributed by atoms with Crippen LogP contribution in [-0.2, 0) is 12.6 Å². The number of nitrogens with zero attached hydrogens (tertiary/aromatic N) is 2. The molecule has 0 saturated heterocycles. The third kappa shape index (κ3) is 3.74. The minimum Gasteiger partial charge on any atom is -0.370 e. The van der Waals surface area contributed by atoms with E-state index >= 15 is 0 Å². The van der Waals surface area contributed by atoms with Gasteiger partial charge in [0.15, 0.2) is 0 Å². The molecule has 2 heterocycles. The summed E-state index contributed by atoms with van der Waals surface area (Å²) < 4.78 is 42.9. The first-order valence-electron chi connectivity index (χ1n) is 8.83. The van der Waals surface area contributed by atoms with Crippen molar-refractivity contribution in [1.29, 1.82) is 0 Å². The maximum absolute atomic E-state index is 13.3. The van der Waals surface area contributed by atoms with Gasteiger partial charge >= 0.3 is 6.18 Å². The molecule has 0 aliphatic carbocycles. The maximum Gasteiger partial charge on any atom is 0.417 e. The van der Waals surface area contributed by atoms with Crippen LogP contribution < -0.4 is 5.32 Å². The van der Waals surface area contributed by atoms with Crippen molar-refractivity contribution in [1.82, 2.24) is 9.78 Å². The van der Waals surface area contributed by atoms with Crippen molar-refractivity contribution in [3.8, 4) is 16.9 Å². The van der Waals surface area contributed by atoms with Gasteiger partial charge in [0.1, 0.15) is 5.82 Å². The summed E-state index contributed by atoms with van der Waals surface area (Å²) in [4.78, 5) is 0. The first-order valence-corrected chi connectivity index (χ1v) is 10.3. The molecule has 0 saturated carbocycles. The van der Waals surface area contributed by atoms with Crippen LogP contribution in [-0.4, -0.2) is 16.3 Å². The largest absolute Gasteiger partial charge is 0.417 e. The van der Waals surface area contributed by atoms with Crippen molar-refractivity contribution in [2.24, 2.45) is 0 Å². The van der Waals surface area contributed by atoms with Crippen molar-refractivity contribution in [3.05, 3.63) is 62.2 Å². The number of hydrogen-bond acceptors (Lipinski definition) is 2. The third-order valence-corrected chi connectivity index (χ3v) is 5.79. The first-order chi connectivity index (χ1) is 13.3. The second kappa shape index (κ2) is 7.59. The van der Waals surface area contributed by atoms with E-state index in [1.807, 2.05) is 24.3 Å². The Bertz CT molecular complexity index is 1010. The Kier molecular flexibility index (Phi) is 5.30. The van der Waals surface area contributed by atoms with Crippen LogP contribution in [0.4, 0.5) is 19.0 Å². The molecule has 0 amide bonds. The predicted molar refractivity (Wildman–Crippen MR) is 113 cm³/mol. The summed E-state index contributed by atoms with van der Waals surface area (Å²) in [6.07, 6.45) is -1.81. The average Bonchev–Trinajstić information content (AvgIpc) is 2.84. The minimum absolute atomic E-state index is 0.308. The standard InChI is InChI=1S/C20H16ClF3IN3/c21-17-9-4-12(11-16(17)20(22,23)24)18-15-3-1-2-10-26-19(15)28(27-18)14-7-5-13(25)6-8-14/h4-9,11,26H,1-3,10H2. The number of hydrogen-bond donors (Lipinski definition) is 1. The van der Waals surface area contributed by atoms with Gasteiger partial charge in [0, 0.05) is 21.2 Å². The molecule has 0 radical (unpaired) electrons. The van der Waals surface area contributed by atoms with E-state index in [0.717, 1.165) is 52.5 Å². The fraction of sp³-hybridized carbons (Fsp3) is 0.250. The van der Waals surface area contributed by atoms with E-state index < -0.39 is 11.7 Å². The summed E-state index contributed by atoms with van der Waals surface area (Å²) in [6, 6.07) is 11.8. The van der Waals surface area contributed by atoms with Crippen molar-refractivity contribution >= 4 is 40.0 Å². The smallest absolute Gasteiger partial charge is 0.370 e. The van der Waals surface area contributed by atoms with Crippen LogP contribution in [0.5, 0.6) is 0 Å². The van der Waals surface area contributed by atoms with Gasteiger partial charge in [0.05, 0.1) is 22.0 Å². The molecule has 8 heteroatoms. The van der Waals surface area contributed by atoms with E-state index in [2.05, 4.69) is 27.9 Å². The number of anilines is 1. The van der Waals surface area contributed by atoms with Crippen molar-refractivity contribution in [2.75, 3.05) is 11.9 Å². The summed E-state index contributed by atoms with van der Waals surface area (Å²) in [7, 11) is 0. The predicted octanol–water partition coefficient (Wildman–Crippen LogP) is 6.56. The molecule has 2 aromatic carbocycles. The van der Waals surface area contributed by atoms with Crippen molar-refractivity contribution in [3.63, 3.8) is 0 Å². The van der Waals surface area contributed by atoms with Gasteiger partial charge in [-0.25, -0.2) is 4.68 Å². The Labute approximate surface area is 179 Å². The highest BCUT2D eigenvalue weighted by atomic mass is 127. The molecule has 0 spiro atoms. The topological polar surface area (TPSA) is 29.9 Å². The van der Waals surface area contributed by atoms with Crippen LogP contribution in [0.25, 0.3) is 16.9 Å². The molecule has 1 aliphatic rings. The zero-order valence-electron chi connectivity index (χ0n) is 14.7. The first kappa shape index (κ1) is 19.6. The lowest BCUT2D eigenvalue weighted by Gasteiger charge is -2.10. The number of aromatic nitrogens is 2. The summed E-state index contributed by atoms with van der Waals surface area (Å²) in [6.45, 7) is 0.803. The highest BCUT2D eigenvalue weighted by Gasteiger charge is 2.34. The molecule has 3 aromatic rings. The fourth-order valence-corrected chi connectivity index (χ4v) is 3.98. The zero-order valence-corrected chi connectivity index (χ0v) is 17.6. The van der Waals surface area contributed by atoms with Crippen LogP contribution in [0, 0.1) is 3.57 Å². The van der Waals surface area contributed by atoms with Crippen LogP contribution in [0.2, 0.25) is 5.02 Å². The number of nitrogens with one attached hydrogen (secondary N) is 1. The number of fused-ring (bicyclic) bond motifs is 1. The Morgan fingerprint density at radius 1 is 1.07 bits per heavy atom. The van der Waals surface area contributed by atoms with Gasteiger partial charge in [0.25, 0.3) is 0 Å². The van der Waals surface area contributed by atoms with Gasteiger partial charge in [-0.2, -0.15) is 18.3 Å². The normalized spacial score (nSPS) is 14.3. The van der Waals surface area contributed by atoms with Crippen molar-refractivity contribution in [2.45, 2.75) is 25.4 Å². The van der Waals surface area contributed by atoms with Crippen LogP contribution in [0.15, 0.2) is 42.5 Å². The van der Waals surface area contributed by atoms with Gasteiger partial charge < -0.3 is 5.32 Å². The average molecular weight is 518 g/mol. The Morgan fingerprint density at radius 3 is 2.54 bits per heavy atom. The van der Waals surface area contributed by atoms with Crippen LogP contribution in [0.1, 0.15) is 24.0 Å². The molecule has 28 heavy (non-hydrogen) atoms. The molecule has 4 rings (SSSR count). The molecule has 1 aliphatic heterocycles. The quantitative estimate of drug-likeness (QED) is 0.390. The fourth-order valence-electron chi connectivity index (χ4n) is 3.39. The summed E-state index contributed by atoms with van der Waals surface area (Å²) in [5.41, 5.74) is 1.94. The Morgan fingerprint density at radius 2 is 1.82 bits per heavy atom. The summed E-state index contributed by atoms with van der Waals surface area (Å²) in [5, 5.41) is 7.79. The number of benzene rings is 2. The Hall–Kier alpha value is -1.74. The molecule has 1 aromatic heterocycles. The maximum atomic E-state index is 13.3. The van der Waals surface area contributed by atoms with Crippen molar-refractivity contribution < 1.29 is 13.2 Å². The lowest BCUT2D eigenvalue weighted by atomic mass is 10.0. The third-order valence-electron chi connectivity index (χ3n) is 4.75. The summed E-state index contributed by atoms with van der Waals surface area (Å²) in [5.74, 6) is 0.845. The van der Waals surface area contributed by atoms with E-state index in [1.165, 1.54) is 6.07 Å². The summed E-state index contributed by atoms with van der Waals surface area (Å²) >= 11 is 8.02. The highest BCUT2D eigenvalue weighted by molar-refractivity contribution is 14.1. The molecule has 146 valence electrons. The van der Waals surface area contributed by atoms with Crippen LogP contribution in [0.3, 0.4) is 0 Å². The molecular formula is C20H16ClF3IN3.